The molecular weight excluding hydrogens is 441 g/mol. The molecule has 0 bridgehead atoms. The molecule has 7 heteroatoms. The van der Waals surface area contributed by atoms with Gasteiger partial charge in [-0.1, -0.05) is 26.0 Å². The molecule has 1 aliphatic heterocycles. The van der Waals surface area contributed by atoms with Crippen LogP contribution in [0.1, 0.15) is 37.0 Å². The molecular formula is C27H29F3N2O2. The minimum absolute atomic E-state index is 0.0781. The molecule has 0 N–H and O–H groups in total. The van der Waals surface area contributed by atoms with E-state index < -0.39 is 11.6 Å². The highest BCUT2D eigenvalue weighted by Gasteiger charge is 2.29. The Bertz CT molecular complexity index is 1060. The molecule has 1 amide bonds. The topological polar surface area (TPSA) is 40.6 Å². The third kappa shape index (κ3) is 6.23. The molecule has 4 nitrogen and oxygen atoms in total. The zero-order valence-corrected chi connectivity index (χ0v) is 19.7. The number of amides is 1. The van der Waals surface area contributed by atoms with Crippen LogP contribution in [-0.4, -0.2) is 54.2 Å². The monoisotopic (exact) mass is 470 g/mol. The van der Waals surface area contributed by atoms with E-state index in [1.807, 2.05) is 13.8 Å². The zero-order chi connectivity index (χ0) is 24.8. The van der Waals surface area contributed by atoms with E-state index in [9.17, 15) is 22.8 Å². The van der Waals surface area contributed by atoms with Crippen LogP contribution in [0.25, 0.3) is 12.2 Å². The minimum Gasteiger partial charge on any atom is -0.334 e. The van der Waals surface area contributed by atoms with Crippen molar-refractivity contribution in [3.8, 4) is 0 Å². The Hall–Kier alpha value is -3.19. The fourth-order valence-corrected chi connectivity index (χ4v) is 3.93. The van der Waals surface area contributed by atoms with Crippen LogP contribution >= 0.6 is 0 Å². The Balaban J connectivity index is 1.94. The van der Waals surface area contributed by atoms with Crippen LogP contribution in [0.3, 0.4) is 0 Å². The molecule has 180 valence electrons. The van der Waals surface area contributed by atoms with Gasteiger partial charge in [-0.15, -0.1) is 0 Å². The summed E-state index contributed by atoms with van der Waals surface area (Å²) in [6.07, 6.45) is 3.44. The molecule has 0 aliphatic carbocycles. The molecule has 2 aromatic carbocycles. The largest absolute Gasteiger partial charge is 0.334 e. The van der Waals surface area contributed by atoms with E-state index in [-0.39, 0.29) is 30.6 Å². The maximum absolute atomic E-state index is 13.7. The Kier molecular flexibility index (Phi) is 8.45. The number of carbonyl (C=O) groups excluding carboxylic acids is 2. The van der Waals surface area contributed by atoms with Gasteiger partial charge in [0.05, 0.1) is 0 Å². The van der Waals surface area contributed by atoms with Gasteiger partial charge in [0.25, 0.3) is 0 Å². The molecule has 0 spiro atoms. The molecule has 0 atom stereocenters. The van der Waals surface area contributed by atoms with Crippen molar-refractivity contribution in [2.75, 3.05) is 32.7 Å². The number of carbonyl (C=O) groups is 2. The second kappa shape index (κ2) is 11.3. The molecule has 0 aromatic heterocycles. The van der Waals surface area contributed by atoms with E-state index in [4.69, 9.17) is 0 Å². The summed E-state index contributed by atoms with van der Waals surface area (Å²) in [5.74, 6) is -2.71. The summed E-state index contributed by atoms with van der Waals surface area (Å²) in [5.41, 5.74) is 2.10. The number of nitrogens with zero attached hydrogens (tertiary/aromatic N) is 2. The third-order valence-electron chi connectivity index (χ3n) is 6.00. The van der Waals surface area contributed by atoms with E-state index in [1.165, 1.54) is 18.2 Å². The predicted octanol–water partition coefficient (Wildman–Crippen LogP) is 5.02. The van der Waals surface area contributed by atoms with Gasteiger partial charge in [-0.25, -0.2) is 13.2 Å². The van der Waals surface area contributed by atoms with Crippen molar-refractivity contribution < 1.29 is 22.8 Å². The third-order valence-corrected chi connectivity index (χ3v) is 6.00. The Morgan fingerprint density at radius 2 is 1.47 bits per heavy atom. The van der Waals surface area contributed by atoms with Crippen molar-refractivity contribution in [1.29, 1.82) is 0 Å². The first-order valence-electron chi connectivity index (χ1n) is 11.4. The number of rotatable bonds is 7. The number of piperidine rings is 1. The second-order valence-electron chi connectivity index (χ2n) is 8.38. The first kappa shape index (κ1) is 25.4. The van der Waals surface area contributed by atoms with E-state index in [2.05, 4.69) is 4.90 Å². The highest BCUT2D eigenvalue weighted by Crippen LogP contribution is 2.24. The second-order valence-corrected chi connectivity index (χ2v) is 8.38. The summed E-state index contributed by atoms with van der Waals surface area (Å²) in [5, 5.41) is 0. The Morgan fingerprint density at radius 3 is 2.00 bits per heavy atom. The highest BCUT2D eigenvalue weighted by atomic mass is 19.2. The summed E-state index contributed by atoms with van der Waals surface area (Å²) in [6.45, 7) is 8.17. The van der Waals surface area contributed by atoms with Crippen LogP contribution in [0.5, 0.6) is 0 Å². The van der Waals surface area contributed by atoms with Crippen molar-refractivity contribution in [1.82, 2.24) is 9.80 Å². The molecule has 1 heterocycles. The fourth-order valence-electron chi connectivity index (χ4n) is 3.93. The van der Waals surface area contributed by atoms with E-state index in [1.54, 1.807) is 30.0 Å². The summed E-state index contributed by atoms with van der Waals surface area (Å²) in [6, 6.07) is 7.94. The summed E-state index contributed by atoms with van der Waals surface area (Å²) < 4.78 is 40.7. The number of halogens is 3. The predicted molar refractivity (Wildman–Crippen MR) is 127 cm³/mol. The lowest BCUT2D eigenvalue weighted by Gasteiger charge is -2.31. The highest BCUT2D eigenvalue weighted by molar-refractivity contribution is 6.15. The van der Waals surface area contributed by atoms with Gasteiger partial charge in [-0.3, -0.25) is 9.59 Å². The van der Waals surface area contributed by atoms with Crippen LogP contribution < -0.4 is 0 Å². The molecule has 1 fully saturated rings. The quantitative estimate of drug-likeness (QED) is 0.534. The number of Topliss-reactive ketones (excluding diaryl/α,β-unsaturated/α-hetero) is 1. The molecule has 0 radical (unpaired) electrons. The molecule has 1 saturated heterocycles. The zero-order valence-electron chi connectivity index (χ0n) is 19.7. The maximum Gasteiger partial charge on any atom is 0.224 e. The van der Waals surface area contributed by atoms with Crippen molar-refractivity contribution >= 4 is 23.8 Å². The van der Waals surface area contributed by atoms with Gasteiger partial charge >= 0.3 is 0 Å². The molecule has 3 rings (SSSR count). The van der Waals surface area contributed by atoms with Gasteiger partial charge in [-0.05, 0) is 73.1 Å². The normalized spacial score (nSPS) is 16.7. The Labute approximate surface area is 198 Å². The molecule has 34 heavy (non-hydrogen) atoms. The van der Waals surface area contributed by atoms with Gasteiger partial charge in [-0.2, -0.15) is 0 Å². The summed E-state index contributed by atoms with van der Waals surface area (Å²) in [7, 11) is 0. The first-order chi connectivity index (χ1) is 16.2. The van der Waals surface area contributed by atoms with Crippen molar-refractivity contribution in [3.63, 3.8) is 0 Å². The lowest BCUT2D eigenvalue weighted by Crippen LogP contribution is -2.42. The van der Waals surface area contributed by atoms with E-state index in [0.717, 1.165) is 25.2 Å². The number of aryl methyl sites for hydroxylation is 1. The van der Waals surface area contributed by atoms with Crippen LogP contribution in [0.4, 0.5) is 13.2 Å². The van der Waals surface area contributed by atoms with Crippen LogP contribution in [0, 0.1) is 24.4 Å². The number of benzene rings is 2. The fraction of sp³-hybridized carbons (Fsp3) is 0.333. The number of hydrogen-bond donors (Lipinski definition) is 0. The van der Waals surface area contributed by atoms with Crippen LogP contribution in [-0.2, 0) is 9.59 Å². The van der Waals surface area contributed by atoms with Gasteiger partial charge in [0, 0.05) is 37.2 Å². The SMILES string of the molecule is CCN(CC)CCC(=O)N1C/C(=C\c2ccc(F)c(C)c2)C(=O)/C(=C/c2ccc(F)c(F)c2)C1. The summed E-state index contributed by atoms with van der Waals surface area (Å²) >= 11 is 0. The van der Waals surface area contributed by atoms with Gasteiger partial charge in [0.1, 0.15) is 5.82 Å². The van der Waals surface area contributed by atoms with Crippen LogP contribution in [0.2, 0.25) is 0 Å². The van der Waals surface area contributed by atoms with Crippen molar-refractivity contribution in [3.05, 3.63) is 81.7 Å². The number of likely N-dealkylation sites (tertiary alicyclic amines) is 1. The van der Waals surface area contributed by atoms with E-state index in [0.29, 0.717) is 40.8 Å². The average Bonchev–Trinajstić information content (AvgIpc) is 2.81. The van der Waals surface area contributed by atoms with Crippen LogP contribution in [0.15, 0.2) is 47.5 Å². The van der Waals surface area contributed by atoms with E-state index >= 15 is 0 Å². The number of hydrogen-bond acceptors (Lipinski definition) is 3. The molecule has 1 aliphatic rings. The first-order valence-corrected chi connectivity index (χ1v) is 11.4. The summed E-state index contributed by atoms with van der Waals surface area (Å²) in [4.78, 5) is 30.0. The standard InChI is InChI=1S/C27H29F3N2O2/c1-4-31(5-2)11-10-26(33)32-16-21(13-19-6-8-23(28)18(3)12-19)27(34)22(17-32)14-20-7-9-24(29)25(30)15-20/h6-9,12-15H,4-5,10-11,16-17H2,1-3H3/b21-13+,22-14+. The lowest BCUT2D eigenvalue weighted by atomic mass is 9.93. The molecule has 2 aromatic rings. The molecule has 0 saturated carbocycles. The number of ketones is 1. The average molecular weight is 471 g/mol. The minimum atomic E-state index is -1.01. The molecule has 0 unspecified atom stereocenters. The van der Waals surface area contributed by atoms with Crippen molar-refractivity contribution in [2.24, 2.45) is 0 Å². The maximum atomic E-state index is 13.7. The van der Waals surface area contributed by atoms with Gasteiger partial charge in [0.15, 0.2) is 17.4 Å². The van der Waals surface area contributed by atoms with Gasteiger partial charge < -0.3 is 9.80 Å². The van der Waals surface area contributed by atoms with Crippen molar-refractivity contribution in [2.45, 2.75) is 27.2 Å². The Morgan fingerprint density at radius 1 is 0.912 bits per heavy atom. The van der Waals surface area contributed by atoms with Gasteiger partial charge in [0.2, 0.25) is 5.91 Å². The smallest absolute Gasteiger partial charge is 0.224 e. The lowest BCUT2D eigenvalue weighted by molar-refractivity contribution is -0.131.